The van der Waals surface area contributed by atoms with E-state index in [1.54, 1.807) is 0 Å². The first-order valence-corrected chi connectivity index (χ1v) is 7.31. The number of aromatic amines is 1. The monoisotopic (exact) mass is 308 g/mol. The van der Waals surface area contributed by atoms with Gasteiger partial charge in [0.25, 0.3) is 5.56 Å². The molecule has 8 heteroatoms. The lowest BCUT2D eigenvalue weighted by Gasteiger charge is -2.13. The quantitative estimate of drug-likeness (QED) is 0.781. The standard InChI is InChI=1S/C13H16N4O3S/c1-6(2)11-16-9(4-10(18)17-11)14-7(3)12-15-8(5-21-12)13(19)20/h4-7H,1-3H3,(H,19,20)(H2,14,16,17,18). The number of rotatable bonds is 5. The van der Waals surface area contributed by atoms with Crippen molar-refractivity contribution in [1.29, 1.82) is 0 Å². The molecular formula is C13H16N4O3S. The minimum Gasteiger partial charge on any atom is -0.476 e. The van der Waals surface area contributed by atoms with E-state index in [2.05, 4.69) is 20.3 Å². The molecule has 0 radical (unpaired) electrons. The first-order chi connectivity index (χ1) is 9.86. The number of hydrogen-bond acceptors (Lipinski definition) is 6. The zero-order valence-electron chi connectivity index (χ0n) is 11.9. The van der Waals surface area contributed by atoms with E-state index in [1.165, 1.54) is 22.8 Å². The van der Waals surface area contributed by atoms with Crippen molar-refractivity contribution in [2.24, 2.45) is 0 Å². The summed E-state index contributed by atoms with van der Waals surface area (Å²) < 4.78 is 0. The summed E-state index contributed by atoms with van der Waals surface area (Å²) in [4.78, 5) is 33.5. The Morgan fingerprint density at radius 2 is 2.10 bits per heavy atom. The maximum absolute atomic E-state index is 11.6. The van der Waals surface area contributed by atoms with Gasteiger partial charge in [-0.15, -0.1) is 11.3 Å². The van der Waals surface area contributed by atoms with E-state index < -0.39 is 5.97 Å². The summed E-state index contributed by atoms with van der Waals surface area (Å²) in [5.41, 5.74) is -0.209. The van der Waals surface area contributed by atoms with Gasteiger partial charge in [-0.05, 0) is 6.92 Å². The number of hydrogen-bond donors (Lipinski definition) is 3. The SMILES string of the molecule is CC(C)c1nc(NC(C)c2nc(C(=O)O)cs2)cc(=O)[nH]1. The molecule has 3 N–H and O–H groups in total. The molecule has 2 heterocycles. The molecule has 0 saturated heterocycles. The number of H-pyrrole nitrogens is 1. The van der Waals surface area contributed by atoms with Gasteiger partial charge in [0.05, 0.1) is 6.04 Å². The summed E-state index contributed by atoms with van der Waals surface area (Å²) in [7, 11) is 0. The Bertz CT molecular complexity index is 707. The third-order valence-corrected chi connectivity index (χ3v) is 3.81. The molecule has 0 amide bonds. The van der Waals surface area contributed by atoms with Crippen LogP contribution in [0.1, 0.15) is 54.1 Å². The number of thiazole rings is 1. The van der Waals surface area contributed by atoms with Gasteiger partial charge in [0, 0.05) is 17.4 Å². The fourth-order valence-electron chi connectivity index (χ4n) is 1.69. The molecule has 0 aliphatic carbocycles. The van der Waals surface area contributed by atoms with Crippen LogP contribution >= 0.6 is 11.3 Å². The highest BCUT2D eigenvalue weighted by molar-refractivity contribution is 7.09. The number of carboxylic acid groups (broad SMARTS) is 1. The lowest BCUT2D eigenvalue weighted by atomic mass is 10.2. The third kappa shape index (κ3) is 3.66. The fourth-order valence-corrected chi connectivity index (χ4v) is 2.49. The lowest BCUT2D eigenvalue weighted by molar-refractivity contribution is 0.0691. The normalized spacial score (nSPS) is 12.4. The van der Waals surface area contributed by atoms with Gasteiger partial charge in [0.2, 0.25) is 0 Å². The Morgan fingerprint density at radius 3 is 2.67 bits per heavy atom. The summed E-state index contributed by atoms with van der Waals surface area (Å²) in [5, 5.41) is 14.1. The molecule has 0 aliphatic rings. The summed E-state index contributed by atoms with van der Waals surface area (Å²) in [5.74, 6) is 0.0962. The lowest BCUT2D eigenvalue weighted by Crippen LogP contribution is -2.16. The number of nitrogens with zero attached hydrogens (tertiary/aromatic N) is 2. The van der Waals surface area contributed by atoms with Crippen LogP contribution in [0.2, 0.25) is 0 Å². The average molecular weight is 308 g/mol. The molecule has 1 unspecified atom stereocenters. The van der Waals surface area contributed by atoms with Gasteiger partial charge in [-0.3, -0.25) is 4.79 Å². The molecule has 1 atom stereocenters. The van der Waals surface area contributed by atoms with Crippen molar-refractivity contribution in [3.8, 4) is 0 Å². The molecule has 2 aromatic rings. The first-order valence-electron chi connectivity index (χ1n) is 6.43. The number of aromatic carboxylic acids is 1. The molecule has 2 rings (SSSR count). The second kappa shape index (κ2) is 6.04. The number of aromatic nitrogens is 3. The van der Waals surface area contributed by atoms with E-state index in [0.29, 0.717) is 16.6 Å². The smallest absolute Gasteiger partial charge is 0.355 e. The molecule has 7 nitrogen and oxygen atoms in total. The minimum atomic E-state index is -1.05. The van der Waals surface area contributed by atoms with Gasteiger partial charge >= 0.3 is 5.97 Å². The summed E-state index contributed by atoms with van der Waals surface area (Å²) in [6.07, 6.45) is 0. The highest BCUT2D eigenvalue weighted by atomic mass is 32.1. The van der Waals surface area contributed by atoms with E-state index >= 15 is 0 Å². The van der Waals surface area contributed by atoms with Crippen LogP contribution in [-0.4, -0.2) is 26.0 Å². The Hall–Kier alpha value is -2.22. The van der Waals surface area contributed by atoms with Gasteiger partial charge in [-0.1, -0.05) is 13.8 Å². The van der Waals surface area contributed by atoms with Crippen molar-refractivity contribution in [3.63, 3.8) is 0 Å². The van der Waals surface area contributed by atoms with E-state index in [4.69, 9.17) is 5.11 Å². The number of nitrogens with one attached hydrogen (secondary N) is 2. The van der Waals surface area contributed by atoms with Crippen LogP contribution in [0.3, 0.4) is 0 Å². The Kier molecular flexibility index (Phi) is 4.37. The van der Waals surface area contributed by atoms with Crippen LogP contribution < -0.4 is 10.9 Å². The van der Waals surface area contributed by atoms with Crippen molar-refractivity contribution in [2.75, 3.05) is 5.32 Å². The molecular weight excluding hydrogens is 292 g/mol. The van der Waals surface area contributed by atoms with Crippen molar-refractivity contribution in [1.82, 2.24) is 15.0 Å². The van der Waals surface area contributed by atoms with Crippen LogP contribution in [0.4, 0.5) is 5.82 Å². The van der Waals surface area contributed by atoms with Crippen molar-refractivity contribution in [3.05, 3.63) is 38.3 Å². The van der Waals surface area contributed by atoms with Crippen LogP contribution in [0.15, 0.2) is 16.2 Å². The third-order valence-electron chi connectivity index (χ3n) is 2.78. The van der Waals surface area contributed by atoms with Crippen molar-refractivity contribution < 1.29 is 9.90 Å². The predicted octanol–water partition coefficient (Wildman–Crippen LogP) is 2.22. The van der Waals surface area contributed by atoms with E-state index in [0.717, 1.165) is 0 Å². The summed E-state index contributed by atoms with van der Waals surface area (Å²) >= 11 is 1.25. The van der Waals surface area contributed by atoms with E-state index in [1.807, 2.05) is 20.8 Å². The van der Waals surface area contributed by atoms with E-state index in [-0.39, 0.29) is 23.2 Å². The zero-order valence-corrected chi connectivity index (χ0v) is 12.7. The molecule has 0 aliphatic heterocycles. The van der Waals surface area contributed by atoms with Crippen LogP contribution in [0, 0.1) is 0 Å². The first kappa shape index (κ1) is 15.2. The molecule has 0 fully saturated rings. The molecule has 21 heavy (non-hydrogen) atoms. The number of anilines is 1. The van der Waals surface area contributed by atoms with Crippen molar-refractivity contribution >= 4 is 23.1 Å². The second-order valence-electron chi connectivity index (χ2n) is 4.91. The average Bonchev–Trinajstić information content (AvgIpc) is 2.87. The second-order valence-corrected chi connectivity index (χ2v) is 5.80. The van der Waals surface area contributed by atoms with Gasteiger partial charge in [-0.25, -0.2) is 14.8 Å². The number of carboxylic acids is 1. The maximum atomic E-state index is 11.6. The van der Waals surface area contributed by atoms with Gasteiger partial charge < -0.3 is 15.4 Å². The topological polar surface area (TPSA) is 108 Å². The number of carbonyl (C=O) groups is 1. The minimum absolute atomic E-state index is 0.0189. The summed E-state index contributed by atoms with van der Waals surface area (Å²) in [6.45, 7) is 5.71. The maximum Gasteiger partial charge on any atom is 0.355 e. The van der Waals surface area contributed by atoms with Crippen LogP contribution in [-0.2, 0) is 0 Å². The molecule has 0 bridgehead atoms. The fraction of sp³-hybridized carbons (Fsp3) is 0.385. The molecule has 0 aromatic carbocycles. The van der Waals surface area contributed by atoms with Gasteiger partial charge in [0.1, 0.15) is 16.6 Å². The summed E-state index contributed by atoms with van der Waals surface area (Å²) in [6, 6.07) is 1.13. The largest absolute Gasteiger partial charge is 0.476 e. The molecule has 0 saturated carbocycles. The van der Waals surface area contributed by atoms with E-state index in [9.17, 15) is 9.59 Å². The molecule has 2 aromatic heterocycles. The predicted molar refractivity (Wildman–Crippen MR) is 80.1 cm³/mol. The molecule has 0 spiro atoms. The van der Waals surface area contributed by atoms with Gasteiger partial charge in [0.15, 0.2) is 5.69 Å². The Labute approximate surface area is 125 Å². The van der Waals surface area contributed by atoms with Gasteiger partial charge in [-0.2, -0.15) is 0 Å². The van der Waals surface area contributed by atoms with Crippen molar-refractivity contribution in [2.45, 2.75) is 32.7 Å². The zero-order chi connectivity index (χ0) is 15.6. The van der Waals surface area contributed by atoms with Crippen LogP contribution in [0.5, 0.6) is 0 Å². The van der Waals surface area contributed by atoms with Crippen LogP contribution in [0.25, 0.3) is 0 Å². The molecule has 112 valence electrons. The highest BCUT2D eigenvalue weighted by Gasteiger charge is 2.15. The highest BCUT2D eigenvalue weighted by Crippen LogP contribution is 2.21. The Balaban J connectivity index is 2.20. The Morgan fingerprint density at radius 1 is 1.38 bits per heavy atom.